The molecule has 110 valence electrons. The standard InChI is InChI=1S/C16H24N2O2/c1-10-6-5-7-12(10)17-14-9-11(15(19)20)8-13(18-14)16(2,3)4/h8-10,12H,5-7H2,1-4H3,(H,17,18)(H,19,20). The second-order valence-corrected chi connectivity index (χ2v) is 6.84. The average Bonchev–Trinajstić information content (AvgIpc) is 2.73. The van der Waals surface area contributed by atoms with Crippen LogP contribution < -0.4 is 5.32 Å². The van der Waals surface area contributed by atoms with Crippen LogP contribution >= 0.6 is 0 Å². The number of nitrogens with zero attached hydrogens (tertiary/aromatic N) is 1. The zero-order valence-electron chi connectivity index (χ0n) is 12.7. The molecule has 1 aliphatic rings. The number of aromatic nitrogens is 1. The van der Waals surface area contributed by atoms with Crippen molar-refractivity contribution in [1.82, 2.24) is 4.98 Å². The van der Waals surface area contributed by atoms with E-state index in [1.54, 1.807) is 12.1 Å². The van der Waals surface area contributed by atoms with Crippen molar-refractivity contribution in [2.75, 3.05) is 5.32 Å². The van der Waals surface area contributed by atoms with Gasteiger partial charge >= 0.3 is 5.97 Å². The first-order chi connectivity index (χ1) is 9.27. The average molecular weight is 276 g/mol. The summed E-state index contributed by atoms with van der Waals surface area (Å²) >= 11 is 0. The van der Waals surface area contributed by atoms with E-state index < -0.39 is 5.97 Å². The van der Waals surface area contributed by atoms with Gasteiger partial charge in [-0.05, 0) is 30.9 Å². The molecular formula is C16H24N2O2. The fourth-order valence-electron chi connectivity index (χ4n) is 2.66. The van der Waals surface area contributed by atoms with Gasteiger partial charge < -0.3 is 10.4 Å². The summed E-state index contributed by atoms with van der Waals surface area (Å²) in [5, 5.41) is 12.7. The minimum Gasteiger partial charge on any atom is -0.478 e. The van der Waals surface area contributed by atoms with Crippen molar-refractivity contribution in [3.8, 4) is 0 Å². The summed E-state index contributed by atoms with van der Waals surface area (Å²) in [5.74, 6) is 0.400. The third-order valence-corrected chi connectivity index (χ3v) is 4.04. The lowest BCUT2D eigenvalue weighted by molar-refractivity contribution is 0.0696. The summed E-state index contributed by atoms with van der Waals surface area (Å²) in [5.41, 5.74) is 0.951. The lowest BCUT2D eigenvalue weighted by atomic mass is 9.90. The molecule has 1 heterocycles. The smallest absolute Gasteiger partial charge is 0.335 e. The minimum absolute atomic E-state index is 0.164. The fraction of sp³-hybridized carbons (Fsp3) is 0.625. The number of carboxylic acid groups (broad SMARTS) is 1. The number of hydrogen-bond donors (Lipinski definition) is 2. The second-order valence-electron chi connectivity index (χ2n) is 6.84. The monoisotopic (exact) mass is 276 g/mol. The lowest BCUT2D eigenvalue weighted by Gasteiger charge is -2.22. The Morgan fingerprint density at radius 2 is 2.05 bits per heavy atom. The quantitative estimate of drug-likeness (QED) is 0.884. The molecule has 0 aliphatic heterocycles. The van der Waals surface area contributed by atoms with Crippen molar-refractivity contribution in [2.45, 2.75) is 58.4 Å². The van der Waals surface area contributed by atoms with Crippen LogP contribution in [0, 0.1) is 5.92 Å². The maximum absolute atomic E-state index is 11.3. The van der Waals surface area contributed by atoms with E-state index >= 15 is 0 Å². The zero-order valence-corrected chi connectivity index (χ0v) is 12.7. The van der Waals surface area contributed by atoms with E-state index in [9.17, 15) is 9.90 Å². The Balaban J connectivity index is 2.32. The molecule has 1 aromatic rings. The topological polar surface area (TPSA) is 62.2 Å². The van der Waals surface area contributed by atoms with Crippen molar-refractivity contribution in [2.24, 2.45) is 5.92 Å². The minimum atomic E-state index is -0.902. The van der Waals surface area contributed by atoms with E-state index in [-0.39, 0.29) is 5.41 Å². The van der Waals surface area contributed by atoms with Crippen molar-refractivity contribution in [3.63, 3.8) is 0 Å². The molecule has 1 saturated carbocycles. The fourth-order valence-corrected chi connectivity index (χ4v) is 2.66. The number of pyridine rings is 1. The van der Waals surface area contributed by atoms with Gasteiger partial charge in [-0.3, -0.25) is 0 Å². The summed E-state index contributed by atoms with van der Waals surface area (Å²) < 4.78 is 0. The SMILES string of the molecule is CC1CCCC1Nc1cc(C(=O)O)cc(C(C)(C)C)n1. The third kappa shape index (κ3) is 3.30. The number of anilines is 1. The molecule has 1 fully saturated rings. The predicted molar refractivity (Wildman–Crippen MR) is 80.3 cm³/mol. The number of carbonyl (C=O) groups is 1. The molecule has 0 radical (unpaired) electrons. The van der Waals surface area contributed by atoms with E-state index in [2.05, 4.69) is 17.2 Å². The summed E-state index contributed by atoms with van der Waals surface area (Å²) in [6.45, 7) is 8.37. The first-order valence-electron chi connectivity index (χ1n) is 7.30. The highest BCUT2D eigenvalue weighted by molar-refractivity contribution is 5.88. The van der Waals surface area contributed by atoms with Gasteiger partial charge in [0.15, 0.2) is 0 Å². The third-order valence-electron chi connectivity index (χ3n) is 4.04. The molecule has 1 aromatic heterocycles. The number of aromatic carboxylic acids is 1. The normalized spacial score (nSPS) is 22.8. The highest BCUT2D eigenvalue weighted by Gasteiger charge is 2.25. The number of hydrogen-bond acceptors (Lipinski definition) is 3. The van der Waals surface area contributed by atoms with E-state index in [0.717, 1.165) is 12.1 Å². The van der Waals surface area contributed by atoms with Crippen LogP contribution in [0.15, 0.2) is 12.1 Å². The Bertz CT molecular complexity index is 506. The Morgan fingerprint density at radius 1 is 1.35 bits per heavy atom. The van der Waals surface area contributed by atoms with Gasteiger partial charge in [-0.25, -0.2) is 9.78 Å². The molecule has 1 aliphatic carbocycles. The Labute approximate surface area is 120 Å². The summed E-state index contributed by atoms with van der Waals surface area (Å²) in [6.07, 6.45) is 3.58. The van der Waals surface area contributed by atoms with E-state index in [0.29, 0.717) is 23.3 Å². The summed E-state index contributed by atoms with van der Waals surface area (Å²) in [7, 11) is 0. The highest BCUT2D eigenvalue weighted by atomic mass is 16.4. The number of rotatable bonds is 3. The van der Waals surface area contributed by atoms with Gasteiger partial charge in [-0.15, -0.1) is 0 Å². The molecular weight excluding hydrogens is 252 g/mol. The number of nitrogens with one attached hydrogen (secondary N) is 1. The molecule has 0 spiro atoms. The lowest BCUT2D eigenvalue weighted by Crippen LogP contribution is -2.24. The highest BCUT2D eigenvalue weighted by Crippen LogP contribution is 2.29. The van der Waals surface area contributed by atoms with Crippen LogP contribution in [0.4, 0.5) is 5.82 Å². The molecule has 2 atom stereocenters. The Hall–Kier alpha value is -1.58. The molecule has 2 N–H and O–H groups in total. The first kappa shape index (κ1) is 14.8. The van der Waals surface area contributed by atoms with E-state index in [1.165, 1.54) is 12.8 Å². The predicted octanol–water partition coefficient (Wildman–Crippen LogP) is 3.68. The summed E-state index contributed by atoms with van der Waals surface area (Å²) in [4.78, 5) is 15.9. The second kappa shape index (κ2) is 5.43. The largest absolute Gasteiger partial charge is 0.478 e. The van der Waals surface area contributed by atoms with Crippen LogP contribution in [0.25, 0.3) is 0 Å². The van der Waals surface area contributed by atoms with Gasteiger partial charge in [0.1, 0.15) is 5.82 Å². The first-order valence-corrected chi connectivity index (χ1v) is 7.30. The molecule has 4 heteroatoms. The van der Waals surface area contributed by atoms with Gasteiger partial charge in [0.25, 0.3) is 0 Å². The van der Waals surface area contributed by atoms with Crippen molar-refractivity contribution in [3.05, 3.63) is 23.4 Å². The zero-order chi connectivity index (χ0) is 14.9. The molecule has 2 unspecified atom stereocenters. The van der Waals surface area contributed by atoms with Crippen molar-refractivity contribution in [1.29, 1.82) is 0 Å². The van der Waals surface area contributed by atoms with Gasteiger partial charge in [0.05, 0.1) is 5.56 Å². The Kier molecular flexibility index (Phi) is 4.02. The molecule has 2 rings (SSSR count). The van der Waals surface area contributed by atoms with Crippen LogP contribution in [0.3, 0.4) is 0 Å². The summed E-state index contributed by atoms with van der Waals surface area (Å²) in [6, 6.07) is 3.72. The van der Waals surface area contributed by atoms with E-state index in [4.69, 9.17) is 0 Å². The van der Waals surface area contributed by atoms with Gasteiger partial charge in [-0.1, -0.05) is 34.1 Å². The maximum Gasteiger partial charge on any atom is 0.335 e. The molecule has 0 saturated heterocycles. The molecule has 4 nitrogen and oxygen atoms in total. The van der Waals surface area contributed by atoms with Crippen LogP contribution in [-0.2, 0) is 5.41 Å². The molecule has 0 bridgehead atoms. The van der Waals surface area contributed by atoms with Crippen LogP contribution in [0.1, 0.15) is 63.0 Å². The Morgan fingerprint density at radius 3 is 2.55 bits per heavy atom. The van der Waals surface area contributed by atoms with Gasteiger partial charge in [0, 0.05) is 17.2 Å². The molecule has 0 aromatic carbocycles. The molecule has 20 heavy (non-hydrogen) atoms. The van der Waals surface area contributed by atoms with Crippen LogP contribution in [-0.4, -0.2) is 22.1 Å². The van der Waals surface area contributed by atoms with Gasteiger partial charge in [0.2, 0.25) is 0 Å². The van der Waals surface area contributed by atoms with Gasteiger partial charge in [-0.2, -0.15) is 0 Å². The molecule has 0 amide bonds. The van der Waals surface area contributed by atoms with Crippen LogP contribution in [0.2, 0.25) is 0 Å². The maximum atomic E-state index is 11.3. The van der Waals surface area contributed by atoms with Crippen molar-refractivity contribution >= 4 is 11.8 Å². The van der Waals surface area contributed by atoms with Crippen molar-refractivity contribution < 1.29 is 9.90 Å². The number of carboxylic acids is 1. The van der Waals surface area contributed by atoms with E-state index in [1.807, 2.05) is 20.8 Å². The van der Waals surface area contributed by atoms with Crippen LogP contribution in [0.5, 0.6) is 0 Å².